The molecular weight excluding hydrogens is 314 g/mol. The minimum absolute atomic E-state index is 0.0726. The highest BCUT2D eigenvalue weighted by Gasteiger charge is 2.19. The van der Waals surface area contributed by atoms with Crippen molar-refractivity contribution in [3.8, 4) is 0 Å². The average molecular weight is 337 g/mol. The van der Waals surface area contributed by atoms with E-state index in [-0.39, 0.29) is 11.9 Å². The van der Waals surface area contributed by atoms with Gasteiger partial charge in [-0.1, -0.05) is 29.8 Å². The Morgan fingerprint density at radius 3 is 2.48 bits per heavy atom. The summed E-state index contributed by atoms with van der Waals surface area (Å²) in [5, 5.41) is 5.62. The highest BCUT2D eigenvalue weighted by molar-refractivity contribution is 5.94. The van der Waals surface area contributed by atoms with E-state index in [2.05, 4.69) is 10.6 Å². The van der Waals surface area contributed by atoms with E-state index in [4.69, 9.17) is 0 Å². The van der Waals surface area contributed by atoms with E-state index >= 15 is 0 Å². The van der Waals surface area contributed by atoms with Gasteiger partial charge >= 0.3 is 6.03 Å². The molecule has 0 aliphatic carbocycles. The highest BCUT2D eigenvalue weighted by Crippen LogP contribution is 2.14. The normalized spacial score (nSPS) is 13.6. The molecular formula is C20H23N3O2. The lowest BCUT2D eigenvalue weighted by Gasteiger charge is -2.15. The first-order chi connectivity index (χ1) is 12.1. The fourth-order valence-corrected chi connectivity index (χ4v) is 2.91. The number of nitrogens with one attached hydrogen (secondary N) is 2. The summed E-state index contributed by atoms with van der Waals surface area (Å²) in [5.41, 5.74) is 3.48. The smallest absolute Gasteiger partial charge is 0.319 e. The summed E-state index contributed by atoms with van der Waals surface area (Å²) in [6, 6.07) is 14.8. The van der Waals surface area contributed by atoms with Crippen LogP contribution in [0.4, 0.5) is 10.5 Å². The lowest BCUT2D eigenvalue weighted by Crippen LogP contribution is -2.29. The van der Waals surface area contributed by atoms with Crippen LogP contribution in [0.5, 0.6) is 0 Å². The second-order valence-corrected chi connectivity index (χ2v) is 6.37. The molecule has 2 N–H and O–H groups in total. The second-order valence-electron chi connectivity index (χ2n) is 6.37. The summed E-state index contributed by atoms with van der Waals surface area (Å²) < 4.78 is 0. The summed E-state index contributed by atoms with van der Waals surface area (Å²) in [6.07, 6.45) is 2.15. The molecule has 0 bridgehead atoms. The maximum Gasteiger partial charge on any atom is 0.319 e. The number of amides is 3. The molecule has 0 spiro atoms. The molecule has 3 amide bonds. The van der Waals surface area contributed by atoms with Gasteiger partial charge in [0.2, 0.25) is 0 Å². The summed E-state index contributed by atoms with van der Waals surface area (Å²) in [5.74, 6) is 0.0726. The minimum Gasteiger partial charge on any atom is -0.339 e. The Balaban J connectivity index is 1.55. The predicted octanol–water partition coefficient (Wildman–Crippen LogP) is 3.55. The van der Waals surface area contributed by atoms with Crippen LogP contribution >= 0.6 is 0 Å². The van der Waals surface area contributed by atoms with Gasteiger partial charge in [0.05, 0.1) is 0 Å². The van der Waals surface area contributed by atoms with Crippen LogP contribution in [0.2, 0.25) is 0 Å². The van der Waals surface area contributed by atoms with Crippen LogP contribution in [0, 0.1) is 6.92 Å². The maximum atomic E-state index is 12.4. The van der Waals surface area contributed by atoms with E-state index in [0.29, 0.717) is 12.1 Å². The maximum absolute atomic E-state index is 12.4. The molecule has 0 aromatic heterocycles. The summed E-state index contributed by atoms with van der Waals surface area (Å²) in [6.45, 7) is 4.04. The average Bonchev–Trinajstić information content (AvgIpc) is 3.16. The zero-order valence-corrected chi connectivity index (χ0v) is 14.4. The van der Waals surface area contributed by atoms with Gasteiger partial charge in [0.1, 0.15) is 0 Å². The monoisotopic (exact) mass is 337 g/mol. The van der Waals surface area contributed by atoms with Crippen molar-refractivity contribution in [3.05, 3.63) is 65.2 Å². The van der Waals surface area contributed by atoms with Gasteiger partial charge in [-0.2, -0.15) is 0 Å². The standard InChI is InChI=1S/C20H23N3O2/c1-15-7-9-18(10-8-15)22-20(25)21-14-16-5-4-6-17(13-16)19(24)23-11-2-3-12-23/h4-10,13H,2-3,11-12,14H2,1H3,(H2,21,22,25). The van der Waals surface area contributed by atoms with E-state index in [1.165, 1.54) is 0 Å². The molecule has 2 aromatic carbocycles. The number of carbonyl (C=O) groups excluding carboxylic acids is 2. The molecule has 0 radical (unpaired) electrons. The van der Waals surface area contributed by atoms with Crippen LogP contribution < -0.4 is 10.6 Å². The van der Waals surface area contributed by atoms with E-state index in [0.717, 1.165) is 42.7 Å². The third-order valence-corrected chi connectivity index (χ3v) is 4.33. The van der Waals surface area contributed by atoms with Crippen molar-refractivity contribution < 1.29 is 9.59 Å². The van der Waals surface area contributed by atoms with E-state index < -0.39 is 0 Å². The Morgan fingerprint density at radius 2 is 1.76 bits per heavy atom. The molecule has 5 heteroatoms. The summed E-state index contributed by atoms with van der Waals surface area (Å²) in [4.78, 5) is 26.3. The number of hydrogen-bond donors (Lipinski definition) is 2. The lowest BCUT2D eigenvalue weighted by molar-refractivity contribution is 0.0792. The van der Waals surface area contributed by atoms with Crippen LogP contribution in [-0.4, -0.2) is 29.9 Å². The molecule has 0 unspecified atom stereocenters. The van der Waals surface area contributed by atoms with Gasteiger partial charge in [-0.3, -0.25) is 4.79 Å². The molecule has 2 aromatic rings. The summed E-state index contributed by atoms with van der Waals surface area (Å²) >= 11 is 0. The second kappa shape index (κ2) is 7.83. The molecule has 0 atom stereocenters. The molecule has 1 aliphatic rings. The van der Waals surface area contributed by atoms with Gasteiger partial charge in [-0.15, -0.1) is 0 Å². The molecule has 1 aliphatic heterocycles. The number of aryl methyl sites for hydroxylation is 1. The largest absolute Gasteiger partial charge is 0.339 e. The Kier molecular flexibility index (Phi) is 5.33. The molecule has 25 heavy (non-hydrogen) atoms. The minimum atomic E-state index is -0.264. The molecule has 1 heterocycles. The molecule has 5 nitrogen and oxygen atoms in total. The van der Waals surface area contributed by atoms with Crippen LogP contribution in [-0.2, 0) is 6.54 Å². The van der Waals surface area contributed by atoms with Crippen LogP contribution in [0.25, 0.3) is 0 Å². The Hall–Kier alpha value is -2.82. The van der Waals surface area contributed by atoms with Gasteiger partial charge in [-0.05, 0) is 49.6 Å². The fraction of sp³-hybridized carbons (Fsp3) is 0.300. The highest BCUT2D eigenvalue weighted by atomic mass is 16.2. The fourth-order valence-electron chi connectivity index (χ4n) is 2.91. The third kappa shape index (κ3) is 4.59. The van der Waals surface area contributed by atoms with Crippen LogP contribution in [0.1, 0.15) is 34.3 Å². The number of nitrogens with zero attached hydrogens (tertiary/aromatic N) is 1. The Bertz CT molecular complexity index is 750. The van der Waals surface area contributed by atoms with Crippen LogP contribution in [0.15, 0.2) is 48.5 Å². The topological polar surface area (TPSA) is 61.4 Å². The molecule has 1 fully saturated rings. The SMILES string of the molecule is Cc1ccc(NC(=O)NCc2cccc(C(=O)N3CCCC3)c2)cc1. The van der Waals surface area contributed by atoms with Crippen LogP contribution in [0.3, 0.4) is 0 Å². The molecule has 130 valence electrons. The Labute approximate surface area is 148 Å². The number of urea groups is 1. The van der Waals surface area contributed by atoms with Crippen molar-refractivity contribution >= 4 is 17.6 Å². The first-order valence-electron chi connectivity index (χ1n) is 8.61. The quantitative estimate of drug-likeness (QED) is 0.896. The van der Waals surface area contributed by atoms with Gasteiger partial charge in [0.15, 0.2) is 0 Å². The first-order valence-corrected chi connectivity index (χ1v) is 8.61. The van der Waals surface area contributed by atoms with Crippen molar-refractivity contribution in [3.63, 3.8) is 0 Å². The summed E-state index contributed by atoms with van der Waals surface area (Å²) in [7, 11) is 0. The number of anilines is 1. The number of likely N-dealkylation sites (tertiary alicyclic amines) is 1. The number of hydrogen-bond acceptors (Lipinski definition) is 2. The molecule has 3 rings (SSSR count). The lowest BCUT2D eigenvalue weighted by atomic mass is 10.1. The van der Waals surface area contributed by atoms with Crippen molar-refractivity contribution in [2.45, 2.75) is 26.3 Å². The van der Waals surface area contributed by atoms with E-state index in [1.54, 1.807) is 0 Å². The van der Waals surface area contributed by atoms with Gasteiger partial charge < -0.3 is 15.5 Å². The van der Waals surface area contributed by atoms with Crippen molar-refractivity contribution in [2.75, 3.05) is 18.4 Å². The predicted molar refractivity (Wildman–Crippen MR) is 98.6 cm³/mol. The Morgan fingerprint density at radius 1 is 1.04 bits per heavy atom. The van der Waals surface area contributed by atoms with Crippen molar-refractivity contribution in [2.24, 2.45) is 0 Å². The van der Waals surface area contributed by atoms with Gasteiger partial charge in [0.25, 0.3) is 5.91 Å². The van der Waals surface area contributed by atoms with E-state index in [9.17, 15) is 9.59 Å². The number of rotatable bonds is 4. The number of benzene rings is 2. The molecule has 0 saturated carbocycles. The van der Waals surface area contributed by atoms with Gasteiger partial charge in [-0.25, -0.2) is 4.79 Å². The van der Waals surface area contributed by atoms with Crippen molar-refractivity contribution in [1.29, 1.82) is 0 Å². The first kappa shape index (κ1) is 17.0. The zero-order chi connectivity index (χ0) is 17.6. The molecule has 1 saturated heterocycles. The third-order valence-electron chi connectivity index (χ3n) is 4.33. The van der Waals surface area contributed by atoms with E-state index in [1.807, 2.05) is 60.4 Å². The zero-order valence-electron chi connectivity index (χ0n) is 14.4. The van der Waals surface area contributed by atoms with Crippen molar-refractivity contribution in [1.82, 2.24) is 10.2 Å². The number of carbonyl (C=O) groups is 2. The van der Waals surface area contributed by atoms with Gasteiger partial charge in [0, 0.05) is 30.9 Å².